The van der Waals surface area contributed by atoms with E-state index in [1.807, 2.05) is 60.7 Å². The molecule has 20 rings (SSSR count). The first kappa shape index (κ1) is 54.3. The molecule has 96 heavy (non-hydrogen) atoms. The highest BCUT2D eigenvalue weighted by Crippen LogP contribution is 2.55. The summed E-state index contributed by atoms with van der Waals surface area (Å²) in [7, 11) is 0. The summed E-state index contributed by atoms with van der Waals surface area (Å²) in [6, 6.07) is 99.5. The van der Waals surface area contributed by atoms with Crippen molar-refractivity contribution in [1.82, 2.24) is 9.97 Å². The van der Waals surface area contributed by atoms with Crippen LogP contribution in [0.5, 0.6) is 0 Å². The summed E-state index contributed by atoms with van der Waals surface area (Å²) in [6.45, 7) is 9.36. The first-order chi connectivity index (χ1) is 47.1. The van der Waals surface area contributed by atoms with Gasteiger partial charge >= 0.3 is 0 Å². The normalized spacial score (nSPS) is 13.6. The van der Waals surface area contributed by atoms with E-state index in [1.54, 1.807) is 0 Å². The molecule has 8 nitrogen and oxygen atoms in total. The predicted molar refractivity (Wildman–Crippen MR) is 392 cm³/mol. The van der Waals surface area contributed by atoms with Gasteiger partial charge in [0.2, 0.25) is 11.8 Å². The summed E-state index contributed by atoms with van der Waals surface area (Å²) in [4.78, 5) is 15.4. The highest BCUT2D eigenvalue weighted by molar-refractivity contribution is 6.15. The van der Waals surface area contributed by atoms with Crippen LogP contribution < -0.4 is 9.80 Å². The van der Waals surface area contributed by atoms with E-state index in [0.717, 1.165) is 144 Å². The van der Waals surface area contributed by atoms with Crippen molar-refractivity contribution < 1.29 is 17.7 Å². The molecule has 0 bridgehead atoms. The van der Waals surface area contributed by atoms with Gasteiger partial charge in [0.05, 0.1) is 11.4 Å². The number of fused-ring (bicyclic) bond motifs is 18. The van der Waals surface area contributed by atoms with E-state index >= 15 is 0 Å². The van der Waals surface area contributed by atoms with Crippen molar-refractivity contribution in [3.05, 3.63) is 301 Å². The molecule has 18 aromatic rings. The van der Waals surface area contributed by atoms with Crippen molar-refractivity contribution in [2.45, 2.75) is 38.5 Å². The maximum Gasteiger partial charge on any atom is 0.227 e. The lowest BCUT2D eigenvalue weighted by atomic mass is 9.81. The standard InChI is InChI=1S/C88H58N4O4/c1-87(2)71-29-17-15-27-63(71)68-47-57(34-40-72(68)87)91(75-44-55-23-11-13-25-61(55)83-81(75)89-85(95-83)51-19-7-5-8-20-51)59-36-42-78-70(49-59)67-38-32-54(46-79(67)94-78)53-31-37-64-69-48-58(35-41-73(69)88(3,4)74(64)43-53)92(60-33-39-66-65-28-16-18-30-77(65)93-80(66)50-60)76-45-56-24-12-14-26-62(56)84-82(76)90-86(96-84)52-21-9-6-10-22-52/h5-50H,1-4H3. The third-order valence-electron chi connectivity index (χ3n) is 20.7. The molecule has 2 aliphatic rings. The highest BCUT2D eigenvalue weighted by atomic mass is 16.4. The van der Waals surface area contributed by atoms with E-state index < -0.39 is 0 Å². The van der Waals surface area contributed by atoms with Gasteiger partial charge in [-0.25, -0.2) is 9.97 Å². The fraction of sp³-hybridized carbons (Fsp3) is 0.0682. The van der Waals surface area contributed by atoms with Crippen LogP contribution in [0.15, 0.2) is 297 Å². The van der Waals surface area contributed by atoms with Crippen molar-refractivity contribution in [2.75, 3.05) is 9.80 Å². The molecule has 454 valence electrons. The zero-order valence-electron chi connectivity index (χ0n) is 53.0. The Morgan fingerprint density at radius 1 is 0.271 bits per heavy atom. The van der Waals surface area contributed by atoms with Gasteiger partial charge in [-0.3, -0.25) is 0 Å². The molecular formula is C88H58N4O4. The third-order valence-corrected chi connectivity index (χ3v) is 20.7. The Morgan fingerprint density at radius 2 is 0.708 bits per heavy atom. The van der Waals surface area contributed by atoms with Gasteiger partial charge in [0.1, 0.15) is 33.4 Å². The third kappa shape index (κ3) is 8.02. The van der Waals surface area contributed by atoms with Crippen molar-refractivity contribution in [1.29, 1.82) is 0 Å². The van der Waals surface area contributed by atoms with E-state index in [4.69, 9.17) is 27.6 Å². The van der Waals surface area contributed by atoms with Crippen LogP contribution in [0.2, 0.25) is 0 Å². The summed E-state index contributed by atoms with van der Waals surface area (Å²) in [5.74, 6) is 1.14. The molecule has 0 aliphatic heterocycles. The summed E-state index contributed by atoms with van der Waals surface area (Å²) in [6.07, 6.45) is 0. The Labute approximate surface area is 552 Å². The smallest absolute Gasteiger partial charge is 0.227 e. The van der Waals surface area contributed by atoms with Crippen LogP contribution in [-0.4, -0.2) is 9.97 Å². The first-order valence-electron chi connectivity index (χ1n) is 32.8. The summed E-state index contributed by atoms with van der Waals surface area (Å²) >= 11 is 0. The molecule has 0 saturated heterocycles. The van der Waals surface area contributed by atoms with Gasteiger partial charge in [-0.05, 0) is 182 Å². The topological polar surface area (TPSA) is 84.8 Å². The lowest BCUT2D eigenvalue weighted by molar-refractivity contribution is 0.622. The monoisotopic (exact) mass is 1230 g/mol. The van der Waals surface area contributed by atoms with E-state index in [9.17, 15) is 0 Å². The summed E-state index contributed by atoms with van der Waals surface area (Å²) in [5, 5.41) is 8.32. The molecule has 0 spiro atoms. The molecule has 8 heteroatoms. The Hall–Kier alpha value is -12.3. The number of rotatable bonds is 9. The van der Waals surface area contributed by atoms with Crippen molar-refractivity contribution in [2.24, 2.45) is 0 Å². The van der Waals surface area contributed by atoms with Gasteiger partial charge in [0, 0.05) is 83.1 Å². The minimum absolute atomic E-state index is 0.153. The summed E-state index contributed by atoms with van der Waals surface area (Å²) < 4.78 is 27.1. The molecule has 0 unspecified atom stereocenters. The molecular weight excluding hydrogens is 1180 g/mol. The van der Waals surface area contributed by atoms with E-state index in [0.29, 0.717) is 11.8 Å². The number of hydrogen-bond acceptors (Lipinski definition) is 8. The second-order valence-electron chi connectivity index (χ2n) is 26.8. The lowest BCUT2D eigenvalue weighted by Gasteiger charge is -2.27. The number of hydrogen-bond donors (Lipinski definition) is 0. The minimum atomic E-state index is -0.319. The summed E-state index contributed by atoms with van der Waals surface area (Å²) in [5.41, 5.74) is 25.7. The molecule has 4 heterocycles. The number of aromatic nitrogens is 2. The second kappa shape index (κ2) is 20.1. The van der Waals surface area contributed by atoms with Crippen LogP contribution in [0, 0.1) is 0 Å². The number of anilines is 6. The first-order valence-corrected chi connectivity index (χ1v) is 32.8. The fourth-order valence-electron chi connectivity index (χ4n) is 15.9. The second-order valence-corrected chi connectivity index (χ2v) is 26.8. The van der Waals surface area contributed by atoms with Gasteiger partial charge < -0.3 is 27.5 Å². The van der Waals surface area contributed by atoms with Crippen LogP contribution in [0.25, 0.3) is 144 Å². The minimum Gasteiger partial charge on any atom is -0.456 e. The van der Waals surface area contributed by atoms with Gasteiger partial charge in [0.15, 0.2) is 11.2 Å². The number of furan rings is 2. The zero-order chi connectivity index (χ0) is 63.7. The number of para-hydroxylation sites is 1. The quantitative estimate of drug-likeness (QED) is 0.141. The Bertz CT molecular complexity index is 6300. The lowest BCUT2D eigenvalue weighted by Crippen LogP contribution is -2.15. The van der Waals surface area contributed by atoms with Crippen molar-refractivity contribution in [3.63, 3.8) is 0 Å². The molecule has 0 N–H and O–H groups in total. The zero-order valence-corrected chi connectivity index (χ0v) is 53.0. The van der Waals surface area contributed by atoms with E-state index in [1.165, 1.54) is 44.5 Å². The van der Waals surface area contributed by atoms with Gasteiger partial charge in [0.25, 0.3) is 0 Å². The Morgan fingerprint density at radius 3 is 1.35 bits per heavy atom. The maximum absolute atomic E-state index is 6.90. The van der Waals surface area contributed by atoms with Crippen LogP contribution in [0.1, 0.15) is 49.9 Å². The van der Waals surface area contributed by atoms with Gasteiger partial charge in [-0.15, -0.1) is 0 Å². The van der Waals surface area contributed by atoms with Gasteiger partial charge in [-0.2, -0.15) is 0 Å². The molecule has 0 amide bonds. The van der Waals surface area contributed by atoms with Gasteiger partial charge in [-0.1, -0.05) is 185 Å². The predicted octanol–water partition coefficient (Wildman–Crippen LogP) is 24.6. The molecule has 0 fully saturated rings. The number of oxazole rings is 2. The van der Waals surface area contributed by atoms with Crippen molar-refractivity contribution >= 4 is 122 Å². The molecule has 0 radical (unpaired) electrons. The fourth-order valence-corrected chi connectivity index (χ4v) is 15.9. The highest BCUT2D eigenvalue weighted by Gasteiger charge is 2.38. The van der Waals surface area contributed by atoms with Crippen LogP contribution in [0.4, 0.5) is 34.1 Å². The van der Waals surface area contributed by atoms with Crippen LogP contribution >= 0.6 is 0 Å². The van der Waals surface area contributed by atoms with E-state index in [-0.39, 0.29) is 10.8 Å². The number of benzene rings is 14. The molecule has 0 atom stereocenters. The average Bonchev–Trinajstić information content (AvgIpc) is 1.55. The molecule has 2 aliphatic carbocycles. The number of nitrogens with zero attached hydrogens (tertiary/aromatic N) is 4. The molecule has 14 aromatic carbocycles. The van der Waals surface area contributed by atoms with Crippen LogP contribution in [0.3, 0.4) is 0 Å². The largest absolute Gasteiger partial charge is 0.456 e. The van der Waals surface area contributed by atoms with Crippen LogP contribution in [-0.2, 0) is 10.8 Å². The molecule has 4 aromatic heterocycles. The van der Waals surface area contributed by atoms with E-state index in [2.05, 4.69) is 256 Å². The molecule has 0 saturated carbocycles. The average molecular weight is 1240 g/mol. The Kier molecular flexibility index (Phi) is 11.4. The van der Waals surface area contributed by atoms with Crippen molar-refractivity contribution in [3.8, 4) is 56.3 Å². The maximum atomic E-state index is 6.90. The Balaban J connectivity index is 0.705. The SMILES string of the molecule is CC1(C)c2ccccc2-c2cc(N(c3ccc4oc5cc(-c6ccc7c(c6)C(C)(C)c6ccc(N(c8ccc9c(c8)oc8ccccc89)c8cc9ccccc9c9oc(-c%10ccccc%10)nc89)cc6-7)ccc5c4c3)c3cc4ccccc4c4oc(-c5ccccc5)nc34)ccc21.